The molecule has 336 valence electrons. The Morgan fingerprint density at radius 2 is 1.02 bits per heavy atom. The van der Waals surface area contributed by atoms with E-state index in [1.807, 2.05) is 24.3 Å². The Bertz CT molecular complexity index is 2660. The number of alkyl halides is 3. The minimum absolute atomic E-state index is 0.0235. The van der Waals surface area contributed by atoms with E-state index in [2.05, 4.69) is 41.7 Å². The molecule has 2 unspecified atom stereocenters. The summed E-state index contributed by atoms with van der Waals surface area (Å²) in [5.41, 5.74) is 3.33. The fourth-order valence-electron chi connectivity index (χ4n) is 5.98. The number of ketones is 2. The lowest BCUT2D eigenvalue weighted by Crippen LogP contribution is -2.32. The first-order valence-corrected chi connectivity index (χ1v) is 21.9. The van der Waals surface area contributed by atoms with Gasteiger partial charge in [0.15, 0.2) is 17.6 Å². The van der Waals surface area contributed by atoms with Crippen LogP contribution in [-0.4, -0.2) is 65.1 Å². The third kappa shape index (κ3) is 13.9. The normalized spacial score (nSPS) is 12.0. The van der Waals surface area contributed by atoms with Crippen LogP contribution in [0.25, 0.3) is 0 Å². The number of rotatable bonds is 20. The lowest BCUT2D eigenvalue weighted by atomic mass is 10.1. The first kappa shape index (κ1) is 49.8. The molecule has 65 heavy (non-hydrogen) atoms. The molecule has 0 fully saturated rings. The maximum absolute atomic E-state index is 13.4. The van der Waals surface area contributed by atoms with Gasteiger partial charge in [-0.15, -0.1) is 23.2 Å². The number of amides is 4. The summed E-state index contributed by atoms with van der Waals surface area (Å²) in [5, 5.41) is 27.0. The van der Waals surface area contributed by atoms with E-state index in [9.17, 15) is 28.8 Å². The number of Topliss-reactive ketones (excluding diaryl/α,β-unsaturated/α-hetero) is 2. The molecule has 0 saturated heterocycles. The van der Waals surface area contributed by atoms with Gasteiger partial charge in [-0.2, -0.15) is 20.5 Å². The van der Waals surface area contributed by atoms with Gasteiger partial charge in [0.25, 0.3) is 23.6 Å². The number of nitrogens with zero attached hydrogens (tertiary/aromatic N) is 4. The Kier molecular flexibility index (Phi) is 18.5. The molecule has 5 rings (SSSR count). The van der Waals surface area contributed by atoms with Crippen LogP contribution in [0, 0.1) is 0 Å². The molecule has 0 aromatic heterocycles. The molecule has 0 saturated carbocycles. The number of aryl methyl sites for hydroxylation is 2. The van der Waals surface area contributed by atoms with Gasteiger partial charge in [0.2, 0.25) is 12.1 Å². The van der Waals surface area contributed by atoms with Gasteiger partial charge in [0, 0.05) is 34.9 Å². The van der Waals surface area contributed by atoms with Crippen LogP contribution in [0.4, 0.5) is 34.1 Å². The molecule has 15 nitrogen and oxygen atoms in total. The average molecular weight is 981 g/mol. The van der Waals surface area contributed by atoms with Crippen molar-refractivity contribution >= 4 is 127 Å². The molecule has 0 bridgehead atoms. The number of hydrogen-bond donors (Lipinski definition) is 4. The summed E-state index contributed by atoms with van der Waals surface area (Å²) in [7, 11) is 0. The van der Waals surface area contributed by atoms with Crippen molar-refractivity contribution in [1.82, 2.24) is 0 Å². The van der Waals surface area contributed by atoms with Crippen LogP contribution in [0.5, 0.6) is 5.75 Å². The minimum Gasteiger partial charge on any atom is -0.476 e. The van der Waals surface area contributed by atoms with Crippen LogP contribution in [-0.2, 0) is 32.0 Å². The van der Waals surface area contributed by atoms with E-state index in [1.54, 1.807) is 24.3 Å². The van der Waals surface area contributed by atoms with Gasteiger partial charge in [-0.05, 0) is 98.5 Å². The van der Waals surface area contributed by atoms with E-state index >= 15 is 0 Å². The highest BCUT2D eigenvalue weighted by atomic mass is 35.5. The highest BCUT2D eigenvalue weighted by molar-refractivity contribution is 6.35. The molecule has 0 spiro atoms. The summed E-state index contributed by atoms with van der Waals surface area (Å²) in [6.07, 6.45) is 1.05. The fourth-order valence-corrected chi connectivity index (χ4v) is 6.91. The molecular weight excluding hydrogens is 942 g/mol. The zero-order valence-electron chi connectivity index (χ0n) is 34.5. The number of para-hydroxylation sites is 2. The van der Waals surface area contributed by atoms with Crippen LogP contribution in [0.2, 0.25) is 10.0 Å². The predicted molar refractivity (Wildman–Crippen MR) is 254 cm³/mol. The van der Waals surface area contributed by atoms with Gasteiger partial charge in [-0.3, -0.25) is 28.8 Å². The molecule has 0 heterocycles. The number of hydrogen-bond acceptors (Lipinski definition) is 11. The number of benzene rings is 5. The maximum atomic E-state index is 13.4. The molecule has 4 amide bonds. The average Bonchev–Trinajstić information content (AvgIpc) is 3.27. The van der Waals surface area contributed by atoms with Gasteiger partial charge in [0.05, 0.1) is 38.2 Å². The fraction of sp³-hybridized carbons (Fsp3) is 0.200. The van der Waals surface area contributed by atoms with Gasteiger partial charge in [-0.1, -0.05) is 71.2 Å². The molecule has 0 aliphatic heterocycles. The Balaban J connectivity index is 1.27. The van der Waals surface area contributed by atoms with Gasteiger partial charge < -0.3 is 26.0 Å². The zero-order valence-corrected chi connectivity index (χ0v) is 38.3. The van der Waals surface area contributed by atoms with Gasteiger partial charge in [0.1, 0.15) is 5.75 Å². The molecule has 4 N–H and O–H groups in total. The number of ether oxygens (including phenoxy) is 1. The largest absolute Gasteiger partial charge is 0.476 e. The summed E-state index contributed by atoms with van der Waals surface area (Å²) >= 11 is 30.4. The second-order valence-corrected chi connectivity index (χ2v) is 15.6. The summed E-state index contributed by atoms with van der Waals surface area (Å²) in [5.74, 6) is -3.45. The van der Waals surface area contributed by atoms with Crippen LogP contribution in [0.15, 0.2) is 124 Å². The van der Waals surface area contributed by atoms with Crippen LogP contribution in [0.1, 0.15) is 45.7 Å². The minimum atomic E-state index is -1.64. The Morgan fingerprint density at radius 1 is 0.554 bits per heavy atom. The zero-order chi connectivity index (χ0) is 47.0. The Labute approximate surface area is 398 Å². The molecule has 0 aliphatic carbocycles. The molecule has 5 aromatic rings. The lowest BCUT2D eigenvalue weighted by Gasteiger charge is -2.15. The smallest absolute Gasteiger partial charge is 0.258 e. The standard InChI is InChI=1S/C45H39Cl5N8O7/c1-25(59)40(57-55-30-11-14-34(49)32(21-30)42(61)52-36-9-5-3-7-27(36)17-19-46)44(63)51-29-13-16-38(39(23-29)65-24-48)54-45(64)41(26(2)60)58-56-31-12-15-35(50)33(22-31)43(62)53-37-10-6-4-8-28(37)18-20-47/h3-16,21-23,40-41H,17-20,24H2,1-2H3,(H,51,63)(H,52,61)(H,53,62)(H,54,64). The number of halogens is 5. The predicted octanol–water partition coefficient (Wildman–Crippen LogP) is 11.0. The molecule has 0 radical (unpaired) electrons. The van der Waals surface area contributed by atoms with Crippen molar-refractivity contribution in [2.24, 2.45) is 20.5 Å². The van der Waals surface area contributed by atoms with Crippen LogP contribution < -0.4 is 26.0 Å². The van der Waals surface area contributed by atoms with Crippen molar-refractivity contribution in [3.63, 3.8) is 0 Å². The van der Waals surface area contributed by atoms with Crippen molar-refractivity contribution in [2.45, 2.75) is 38.8 Å². The van der Waals surface area contributed by atoms with Crippen molar-refractivity contribution in [3.8, 4) is 5.75 Å². The van der Waals surface area contributed by atoms with E-state index in [4.69, 9.17) is 62.7 Å². The number of nitrogens with one attached hydrogen (secondary N) is 4. The molecule has 2 atom stereocenters. The SMILES string of the molecule is CC(=O)C(N=Nc1ccc(Cl)c(C(=O)Nc2ccccc2CCCl)c1)C(=O)Nc1ccc(NC(=O)C(N=Nc2ccc(Cl)c(C(=O)Nc3ccccc3CCCl)c2)C(C)=O)c(OCCl)c1. The monoisotopic (exact) mass is 978 g/mol. The lowest BCUT2D eigenvalue weighted by molar-refractivity contribution is -0.127. The van der Waals surface area contributed by atoms with Crippen molar-refractivity contribution in [3.05, 3.63) is 135 Å². The third-order valence-corrected chi connectivity index (χ3v) is 10.4. The maximum Gasteiger partial charge on any atom is 0.258 e. The van der Waals surface area contributed by atoms with E-state index in [-0.39, 0.29) is 55.7 Å². The molecule has 0 aliphatic rings. The molecule has 5 aromatic carbocycles. The number of anilines is 4. The summed E-state index contributed by atoms with van der Waals surface area (Å²) in [6, 6.07) is 23.3. The Hall–Kier alpha value is -6.23. The number of carbonyl (C=O) groups is 6. The second kappa shape index (κ2) is 24.2. The molecular formula is C45H39Cl5N8O7. The van der Waals surface area contributed by atoms with Gasteiger partial charge in [-0.25, -0.2) is 0 Å². The first-order valence-electron chi connectivity index (χ1n) is 19.5. The Morgan fingerprint density at radius 3 is 1.46 bits per heavy atom. The highest BCUT2D eigenvalue weighted by Crippen LogP contribution is 2.31. The van der Waals surface area contributed by atoms with E-state index in [1.165, 1.54) is 54.6 Å². The first-order chi connectivity index (χ1) is 31.2. The second-order valence-electron chi connectivity index (χ2n) is 13.8. The number of carbonyl (C=O) groups excluding carboxylic acids is 6. The van der Waals surface area contributed by atoms with Crippen molar-refractivity contribution < 1.29 is 33.5 Å². The van der Waals surface area contributed by atoms with E-state index in [0.717, 1.165) is 25.0 Å². The number of azo groups is 2. The summed E-state index contributed by atoms with van der Waals surface area (Å²) in [4.78, 5) is 78.5. The van der Waals surface area contributed by atoms with Crippen molar-refractivity contribution in [1.29, 1.82) is 0 Å². The van der Waals surface area contributed by atoms with E-state index < -0.39 is 47.3 Å². The van der Waals surface area contributed by atoms with Gasteiger partial charge >= 0.3 is 0 Å². The van der Waals surface area contributed by atoms with Crippen molar-refractivity contribution in [2.75, 3.05) is 39.1 Å². The summed E-state index contributed by atoms with van der Waals surface area (Å²) < 4.78 is 5.49. The topological polar surface area (TPSA) is 209 Å². The summed E-state index contributed by atoms with van der Waals surface area (Å²) in [6.45, 7) is 2.30. The van der Waals surface area contributed by atoms with Crippen LogP contribution in [0.3, 0.4) is 0 Å². The quantitative estimate of drug-likeness (QED) is 0.0336. The highest BCUT2D eigenvalue weighted by Gasteiger charge is 2.27. The molecule has 20 heteroatoms. The third-order valence-electron chi connectivity index (χ3n) is 9.21. The van der Waals surface area contributed by atoms with Crippen LogP contribution >= 0.6 is 58.0 Å². The van der Waals surface area contributed by atoms with E-state index in [0.29, 0.717) is 36.0 Å².